The van der Waals surface area contributed by atoms with Crippen molar-refractivity contribution in [3.63, 3.8) is 0 Å². The molecular formula is C14H16ClN3O6. The SMILES string of the molecule is CCOC(=O)NN(C(=O)OCC)/C(=C\c1ccccc1Cl)[N+](=O)[O-]. The summed E-state index contributed by atoms with van der Waals surface area (Å²) in [6.45, 7) is 3.04. The first kappa shape index (κ1) is 19.2. The number of hydrazine groups is 1. The minimum Gasteiger partial charge on any atom is -0.448 e. The quantitative estimate of drug-likeness (QED) is 0.640. The summed E-state index contributed by atoms with van der Waals surface area (Å²) in [7, 11) is 0. The number of nitrogens with zero attached hydrogens (tertiary/aromatic N) is 2. The van der Waals surface area contributed by atoms with Crippen LogP contribution in [-0.2, 0) is 9.47 Å². The molecule has 1 N–H and O–H groups in total. The lowest BCUT2D eigenvalue weighted by Crippen LogP contribution is -2.47. The van der Waals surface area contributed by atoms with Crippen LogP contribution >= 0.6 is 11.6 Å². The van der Waals surface area contributed by atoms with E-state index in [4.69, 9.17) is 16.3 Å². The van der Waals surface area contributed by atoms with Crippen molar-refractivity contribution < 1.29 is 24.0 Å². The molecule has 2 amide bonds. The van der Waals surface area contributed by atoms with Crippen molar-refractivity contribution in [2.75, 3.05) is 13.2 Å². The Morgan fingerprint density at radius 3 is 2.46 bits per heavy atom. The smallest absolute Gasteiger partial charge is 0.448 e. The zero-order valence-corrected chi connectivity index (χ0v) is 13.8. The van der Waals surface area contributed by atoms with Crippen LogP contribution in [0.1, 0.15) is 19.4 Å². The molecule has 0 aliphatic carbocycles. The highest BCUT2D eigenvalue weighted by Gasteiger charge is 2.34. The van der Waals surface area contributed by atoms with E-state index in [-0.39, 0.29) is 23.8 Å². The maximum absolute atomic E-state index is 12.0. The van der Waals surface area contributed by atoms with Gasteiger partial charge in [-0.15, -0.1) is 5.43 Å². The normalized spacial score (nSPS) is 10.7. The highest BCUT2D eigenvalue weighted by Crippen LogP contribution is 2.20. The van der Waals surface area contributed by atoms with E-state index < -0.39 is 22.9 Å². The Kier molecular flexibility index (Phi) is 7.50. The molecule has 0 aliphatic heterocycles. The average molecular weight is 358 g/mol. The van der Waals surface area contributed by atoms with Gasteiger partial charge in [-0.05, 0) is 29.8 Å². The second-order valence-corrected chi connectivity index (χ2v) is 4.55. The lowest BCUT2D eigenvalue weighted by atomic mass is 10.2. The number of hydrogen-bond acceptors (Lipinski definition) is 6. The Balaban J connectivity index is 3.26. The van der Waals surface area contributed by atoms with Gasteiger partial charge in [0.25, 0.3) is 0 Å². The lowest BCUT2D eigenvalue weighted by Gasteiger charge is -2.15. The summed E-state index contributed by atoms with van der Waals surface area (Å²) in [4.78, 5) is 34.0. The van der Waals surface area contributed by atoms with Crippen molar-refractivity contribution in [1.29, 1.82) is 0 Å². The largest absolute Gasteiger partial charge is 0.531 e. The van der Waals surface area contributed by atoms with Gasteiger partial charge in [0.15, 0.2) is 0 Å². The maximum atomic E-state index is 12.0. The maximum Gasteiger partial charge on any atom is 0.531 e. The first-order valence-corrected chi connectivity index (χ1v) is 7.29. The zero-order valence-electron chi connectivity index (χ0n) is 13.0. The first-order chi connectivity index (χ1) is 11.4. The first-order valence-electron chi connectivity index (χ1n) is 6.91. The molecule has 0 fully saturated rings. The summed E-state index contributed by atoms with van der Waals surface area (Å²) in [6, 6.07) is 6.30. The molecule has 0 spiro atoms. The van der Waals surface area contributed by atoms with E-state index in [1.807, 2.05) is 5.43 Å². The summed E-state index contributed by atoms with van der Waals surface area (Å²) in [6.07, 6.45) is -1.15. The number of benzene rings is 1. The summed E-state index contributed by atoms with van der Waals surface area (Å²) >= 11 is 5.96. The van der Waals surface area contributed by atoms with Gasteiger partial charge in [-0.2, -0.15) is 4.79 Å². The van der Waals surface area contributed by atoms with Gasteiger partial charge in [0, 0.05) is 16.7 Å². The van der Waals surface area contributed by atoms with E-state index in [2.05, 4.69) is 4.74 Å². The fourth-order valence-corrected chi connectivity index (χ4v) is 1.76. The van der Waals surface area contributed by atoms with Crippen molar-refractivity contribution in [3.8, 4) is 0 Å². The van der Waals surface area contributed by atoms with Gasteiger partial charge in [0.05, 0.1) is 13.2 Å². The minimum atomic E-state index is -1.14. The van der Waals surface area contributed by atoms with Crippen molar-refractivity contribution in [2.24, 2.45) is 0 Å². The van der Waals surface area contributed by atoms with Gasteiger partial charge < -0.3 is 19.6 Å². The Hall–Kier alpha value is -2.81. The Labute approximate surface area is 142 Å². The number of rotatable bonds is 5. The Bertz CT molecular complexity index is 649. The molecule has 10 heteroatoms. The summed E-state index contributed by atoms with van der Waals surface area (Å²) < 4.78 is 9.35. The summed E-state index contributed by atoms with van der Waals surface area (Å²) in [5, 5.41) is 11.9. The highest BCUT2D eigenvalue weighted by atomic mass is 35.5. The van der Waals surface area contributed by atoms with E-state index in [9.17, 15) is 19.7 Å². The fraction of sp³-hybridized carbons (Fsp3) is 0.286. The molecule has 0 atom stereocenters. The number of carbonyl (C=O) groups is 2. The second-order valence-electron chi connectivity index (χ2n) is 4.15. The minimum absolute atomic E-state index is 0.0184. The molecule has 1 rings (SSSR count). The van der Waals surface area contributed by atoms with Gasteiger partial charge in [-0.25, -0.2) is 4.79 Å². The molecule has 130 valence electrons. The van der Waals surface area contributed by atoms with Crippen LogP contribution in [0.15, 0.2) is 30.1 Å². The van der Waals surface area contributed by atoms with Crippen LogP contribution in [0.2, 0.25) is 5.02 Å². The van der Waals surface area contributed by atoms with Crippen LogP contribution in [0, 0.1) is 10.1 Å². The third-order valence-electron chi connectivity index (χ3n) is 2.53. The molecule has 0 aliphatic rings. The Morgan fingerprint density at radius 2 is 1.92 bits per heavy atom. The predicted molar refractivity (Wildman–Crippen MR) is 85.4 cm³/mol. The van der Waals surface area contributed by atoms with Crippen LogP contribution < -0.4 is 5.43 Å². The van der Waals surface area contributed by atoms with Crippen LogP contribution in [0.25, 0.3) is 6.08 Å². The van der Waals surface area contributed by atoms with E-state index in [0.717, 1.165) is 6.08 Å². The molecule has 9 nitrogen and oxygen atoms in total. The van der Waals surface area contributed by atoms with Crippen LogP contribution in [0.4, 0.5) is 9.59 Å². The summed E-state index contributed by atoms with van der Waals surface area (Å²) in [5.41, 5.74) is 2.25. The molecule has 0 saturated heterocycles. The monoisotopic (exact) mass is 357 g/mol. The number of halogens is 1. The topological polar surface area (TPSA) is 111 Å². The molecule has 0 bridgehead atoms. The molecular weight excluding hydrogens is 342 g/mol. The number of hydrogen-bond donors (Lipinski definition) is 1. The third-order valence-corrected chi connectivity index (χ3v) is 2.88. The van der Waals surface area contributed by atoms with Gasteiger partial charge >= 0.3 is 18.0 Å². The molecule has 0 heterocycles. The molecule has 1 aromatic rings. The van der Waals surface area contributed by atoms with Crippen LogP contribution in [-0.4, -0.2) is 35.3 Å². The number of amides is 2. The van der Waals surface area contributed by atoms with E-state index in [1.165, 1.54) is 19.1 Å². The summed E-state index contributed by atoms with van der Waals surface area (Å²) in [5.74, 6) is -0.755. The molecule has 0 radical (unpaired) electrons. The predicted octanol–water partition coefficient (Wildman–Crippen LogP) is 3.03. The van der Waals surface area contributed by atoms with E-state index in [1.54, 1.807) is 19.1 Å². The molecule has 0 unspecified atom stereocenters. The Morgan fingerprint density at radius 1 is 1.29 bits per heavy atom. The number of nitrogens with one attached hydrogen (secondary N) is 1. The zero-order chi connectivity index (χ0) is 18.1. The van der Waals surface area contributed by atoms with Crippen LogP contribution in [0.5, 0.6) is 0 Å². The highest BCUT2D eigenvalue weighted by molar-refractivity contribution is 6.32. The van der Waals surface area contributed by atoms with Gasteiger partial charge in [-0.3, -0.25) is 0 Å². The van der Waals surface area contributed by atoms with Gasteiger partial charge in [0.2, 0.25) is 0 Å². The molecule has 24 heavy (non-hydrogen) atoms. The number of ether oxygens (including phenoxy) is 2. The molecule has 0 saturated carbocycles. The standard InChI is InChI=1S/C14H16ClN3O6/c1-3-23-13(19)16-17(14(20)24-4-2)12(18(21)22)9-10-7-5-6-8-11(10)15/h5-9H,3-4H2,1-2H3,(H,16,19)/b12-9+. The fourth-order valence-electron chi connectivity index (χ4n) is 1.57. The lowest BCUT2D eigenvalue weighted by molar-refractivity contribution is -0.443. The van der Waals surface area contributed by atoms with Crippen molar-refractivity contribution in [2.45, 2.75) is 13.8 Å². The van der Waals surface area contributed by atoms with Crippen molar-refractivity contribution in [1.82, 2.24) is 10.4 Å². The van der Waals surface area contributed by atoms with Gasteiger partial charge in [0.1, 0.15) is 0 Å². The average Bonchev–Trinajstić information content (AvgIpc) is 2.52. The van der Waals surface area contributed by atoms with E-state index >= 15 is 0 Å². The van der Waals surface area contributed by atoms with Gasteiger partial charge in [-0.1, -0.05) is 29.8 Å². The van der Waals surface area contributed by atoms with Crippen LogP contribution in [0.3, 0.4) is 0 Å². The molecule has 0 aromatic heterocycles. The third kappa shape index (κ3) is 5.43. The number of nitro groups is 1. The number of carbonyl (C=O) groups excluding carboxylic acids is 2. The second kappa shape index (κ2) is 9.36. The van der Waals surface area contributed by atoms with Crippen molar-refractivity contribution >= 4 is 29.9 Å². The van der Waals surface area contributed by atoms with E-state index in [0.29, 0.717) is 5.01 Å². The molecule has 1 aromatic carbocycles. The van der Waals surface area contributed by atoms with Crippen molar-refractivity contribution in [3.05, 3.63) is 50.8 Å².